The average Bonchev–Trinajstić information content (AvgIpc) is 2.50. The van der Waals surface area contributed by atoms with E-state index in [4.69, 9.17) is 9.47 Å². The van der Waals surface area contributed by atoms with Gasteiger partial charge in [-0.15, -0.1) is 0 Å². The summed E-state index contributed by atoms with van der Waals surface area (Å²) in [7, 11) is -7.51. The molecular formula is C18H25F3O7SSi. The number of esters is 2. The highest BCUT2D eigenvalue weighted by Crippen LogP contribution is 2.31. The maximum atomic E-state index is 12.7. The van der Waals surface area contributed by atoms with Crippen LogP contribution in [0.3, 0.4) is 0 Å². The quantitative estimate of drug-likeness (QED) is 0.253. The number of rotatable bonds is 7. The van der Waals surface area contributed by atoms with E-state index < -0.39 is 52.6 Å². The molecule has 0 spiro atoms. The average molecular weight is 471 g/mol. The molecule has 0 aliphatic rings. The Morgan fingerprint density at radius 1 is 1.03 bits per heavy atom. The summed E-state index contributed by atoms with van der Waals surface area (Å²) in [5.41, 5.74) is -7.56. The molecule has 0 radical (unpaired) electrons. The zero-order chi connectivity index (χ0) is 23.5. The number of hydrogen-bond acceptors (Lipinski definition) is 7. The van der Waals surface area contributed by atoms with Crippen molar-refractivity contribution >= 4 is 30.1 Å². The van der Waals surface area contributed by atoms with E-state index in [1.807, 2.05) is 0 Å². The lowest BCUT2D eigenvalue weighted by atomic mass is 10.1. The minimum Gasteiger partial charge on any atom is -0.462 e. The monoisotopic (exact) mass is 470 g/mol. The predicted molar refractivity (Wildman–Crippen MR) is 106 cm³/mol. The third-order valence-electron chi connectivity index (χ3n) is 3.40. The standard InChI is InChI=1S/C18H25F3O7SSi/c1-17(2,3)27-16(23)13-11-12(15(22)26-9-10-30(4,5)6)7-8-14(13)28-29(24,25)18(19,20)21/h7-8,11H,9-10H2,1-6H3. The lowest BCUT2D eigenvalue weighted by molar-refractivity contribution is -0.0501. The van der Waals surface area contributed by atoms with Gasteiger partial charge in [-0.1, -0.05) is 19.6 Å². The second-order valence-corrected chi connectivity index (χ2v) is 15.8. The van der Waals surface area contributed by atoms with Crippen LogP contribution in [0.5, 0.6) is 5.75 Å². The molecule has 170 valence electrons. The molecule has 1 rings (SSSR count). The van der Waals surface area contributed by atoms with Gasteiger partial charge < -0.3 is 13.7 Å². The molecule has 0 unspecified atom stereocenters. The highest BCUT2D eigenvalue weighted by atomic mass is 32.2. The van der Waals surface area contributed by atoms with E-state index in [2.05, 4.69) is 23.8 Å². The van der Waals surface area contributed by atoms with Crippen LogP contribution in [0.15, 0.2) is 18.2 Å². The Labute approximate surface area is 174 Å². The number of benzene rings is 1. The molecule has 7 nitrogen and oxygen atoms in total. The molecule has 1 aromatic rings. The van der Waals surface area contributed by atoms with Gasteiger partial charge in [-0.05, 0) is 45.0 Å². The van der Waals surface area contributed by atoms with E-state index in [1.54, 1.807) is 0 Å². The zero-order valence-electron chi connectivity index (χ0n) is 17.5. The fraction of sp³-hybridized carbons (Fsp3) is 0.556. The largest absolute Gasteiger partial charge is 0.534 e. The summed E-state index contributed by atoms with van der Waals surface area (Å²) in [4.78, 5) is 24.7. The molecule has 0 bridgehead atoms. The number of carbonyl (C=O) groups excluding carboxylic acids is 2. The molecule has 12 heteroatoms. The van der Waals surface area contributed by atoms with Crippen molar-refractivity contribution in [2.75, 3.05) is 6.61 Å². The number of halogens is 3. The minimum absolute atomic E-state index is 0.136. The highest BCUT2D eigenvalue weighted by Gasteiger charge is 2.49. The van der Waals surface area contributed by atoms with Crippen LogP contribution in [0.4, 0.5) is 13.2 Å². The first-order valence-electron chi connectivity index (χ1n) is 8.88. The van der Waals surface area contributed by atoms with E-state index >= 15 is 0 Å². The fourth-order valence-corrected chi connectivity index (χ4v) is 3.11. The second kappa shape index (κ2) is 8.96. The van der Waals surface area contributed by atoms with E-state index in [-0.39, 0.29) is 12.2 Å². The summed E-state index contributed by atoms with van der Waals surface area (Å²) in [5.74, 6) is -2.89. The number of hydrogen-bond donors (Lipinski definition) is 0. The summed E-state index contributed by atoms with van der Waals surface area (Å²) in [6, 6.07) is 3.35. The topological polar surface area (TPSA) is 96.0 Å². The van der Waals surface area contributed by atoms with Crippen LogP contribution in [0.25, 0.3) is 0 Å². The SMILES string of the molecule is CC(C)(C)OC(=O)c1cc(C(=O)OCC[Si](C)(C)C)ccc1OS(=O)(=O)C(F)(F)F. The summed E-state index contributed by atoms with van der Waals surface area (Å²) < 4.78 is 75.0. The van der Waals surface area contributed by atoms with E-state index in [0.717, 1.165) is 18.2 Å². The van der Waals surface area contributed by atoms with Crippen LogP contribution in [0, 0.1) is 0 Å². The Morgan fingerprint density at radius 2 is 1.60 bits per heavy atom. The second-order valence-electron chi connectivity index (χ2n) is 8.64. The Balaban J connectivity index is 3.27. The lowest BCUT2D eigenvalue weighted by Gasteiger charge is -2.21. The van der Waals surface area contributed by atoms with Crippen LogP contribution in [0.2, 0.25) is 25.7 Å². The van der Waals surface area contributed by atoms with Gasteiger partial charge >= 0.3 is 27.6 Å². The molecule has 0 N–H and O–H groups in total. The molecule has 1 aromatic carbocycles. The number of alkyl halides is 3. The van der Waals surface area contributed by atoms with Gasteiger partial charge in [-0.2, -0.15) is 21.6 Å². The molecule has 30 heavy (non-hydrogen) atoms. The Kier molecular flexibility index (Phi) is 7.75. The predicted octanol–water partition coefficient (Wildman–Crippen LogP) is 4.37. The zero-order valence-corrected chi connectivity index (χ0v) is 19.4. The van der Waals surface area contributed by atoms with Crippen molar-refractivity contribution in [3.63, 3.8) is 0 Å². The molecule has 0 fully saturated rings. The van der Waals surface area contributed by atoms with Crippen LogP contribution in [-0.4, -0.2) is 46.1 Å². The highest BCUT2D eigenvalue weighted by molar-refractivity contribution is 7.88. The fourth-order valence-electron chi connectivity index (χ4n) is 1.92. The number of carbonyl (C=O) groups is 2. The van der Waals surface area contributed by atoms with Gasteiger partial charge in [0.15, 0.2) is 5.75 Å². The third-order valence-corrected chi connectivity index (χ3v) is 6.07. The van der Waals surface area contributed by atoms with Crippen LogP contribution in [-0.2, 0) is 19.6 Å². The Bertz CT molecular complexity index is 898. The van der Waals surface area contributed by atoms with Crippen LogP contribution in [0.1, 0.15) is 41.5 Å². The van der Waals surface area contributed by atoms with Gasteiger partial charge in [0, 0.05) is 8.07 Å². The molecular weight excluding hydrogens is 445 g/mol. The van der Waals surface area contributed by atoms with Gasteiger partial charge in [0.25, 0.3) is 0 Å². The van der Waals surface area contributed by atoms with Gasteiger partial charge in [-0.3, -0.25) is 0 Å². The molecule has 0 aliphatic heterocycles. The maximum Gasteiger partial charge on any atom is 0.534 e. The van der Waals surface area contributed by atoms with Gasteiger partial charge in [-0.25, -0.2) is 9.59 Å². The van der Waals surface area contributed by atoms with Crippen molar-refractivity contribution in [1.29, 1.82) is 0 Å². The normalized spacial score (nSPS) is 13.0. The molecule has 0 heterocycles. The maximum absolute atomic E-state index is 12.7. The molecule has 0 saturated heterocycles. The van der Waals surface area contributed by atoms with Crippen LogP contribution < -0.4 is 4.18 Å². The Morgan fingerprint density at radius 3 is 2.07 bits per heavy atom. The van der Waals surface area contributed by atoms with Crippen molar-refractivity contribution in [1.82, 2.24) is 0 Å². The van der Waals surface area contributed by atoms with Gasteiger partial charge in [0.1, 0.15) is 11.2 Å². The first kappa shape index (κ1) is 26.0. The molecule has 0 aromatic heterocycles. The summed E-state index contributed by atoms with van der Waals surface area (Å²) in [5, 5.41) is 0. The molecule has 0 amide bonds. The smallest absolute Gasteiger partial charge is 0.462 e. The van der Waals surface area contributed by atoms with Crippen LogP contribution >= 0.6 is 0 Å². The van der Waals surface area contributed by atoms with E-state index in [1.165, 1.54) is 20.8 Å². The first-order chi connectivity index (χ1) is 13.3. The van der Waals surface area contributed by atoms with Crippen molar-refractivity contribution < 1.29 is 44.8 Å². The van der Waals surface area contributed by atoms with E-state index in [9.17, 15) is 31.2 Å². The molecule has 0 atom stereocenters. The van der Waals surface area contributed by atoms with Gasteiger partial charge in [0.2, 0.25) is 0 Å². The first-order valence-corrected chi connectivity index (χ1v) is 14.0. The van der Waals surface area contributed by atoms with Gasteiger partial charge in [0.05, 0.1) is 12.2 Å². The van der Waals surface area contributed by atoms with Crippen molar-refractivity contribution in [2.45, 2.75) is 57.6 Å². The minimum atomic E-state index is -6.03. The van der Waals surface area contributed by atoms with E-state index in [0.29, 0.717) is 6.04 Å². The van der Waals surface area contributed by atoms with Crippen molar-refractivity contribution in [3.05, 3.63) is 29.3 Å². The third kappa shape index (κ3) is 7.98. The number of ether oxygens (including phenoxy) is 2. The summed E-state index contributed by atoms with van der Waals surface area (Å²) >= 11 is 0. The molecule has 0 saturated carbocycles. The lowest BCUT2D eigenvalue weighted by Crippen LogP contribution is -2.29. The molecule has 0 aliphatic carbocycles. The summed E-state index contributed by atoms with van der Waals surface area (Å²) in [6.45, 7) is 10.9. The van der Waals surface area contributed by atoms with Crippen molar-refractivity contribution in [2.24, 2.45) is 0 Å². The van der Waals surface area contributed by atoms with Crippen molar-refractivity contribution in [3.8, 4) is 5.75 Å². The Hall–Kier alpha value is -2.08. The summed E-state index contributed by atoms with van der Waals surface area (Å²) in [6.07, 6.45) is 0.